The SMILES string of the molecule is O=C(O)CSc1nncn1CCCN1CCOCC1. The highest BCUT2D eigenvalue weighted by molar-refractivity contribution is 7.99. The molecule has 7 nitrogen and oxygen atoms in total. The van der Waals surface area contributed by atoms with Crippen molar-refractivity contribution in [2.24, 2.45) is 0 Å². The predicted octanol–water partition coefficient (Wildman–Crippen LogP) is 0.177. The molecule has 2 rings (SSSR count). The summed E-state index contributed by atoms with van der Waals surface area (Å²) in [6.45, 7) is 5.43. The molecule has 0 amide bonds. The van der Waals surface area contributed by atoms with Crippen molar-refractivity contribution in [1.82, 2.24) is 19.7 Å². The number of carbonyl (C=O) groups is 1. The normalized spacial score (nSPS) is 16.6. The summed E-state index contributed by atoms with van der Waals surface area (Å²) in [5, 5.41) is 17.1. The third-order valence-corrected chi connectivity index (χ3v) is 3.85. The minimum Gasteiger partial charge on any atom is -0.481 e. The quantitative estimate of drug-likeness (QED) is 0.716. The number of aryl methyl sites for hydroxylation is 1. The number of morpholine rings is 1. The highest BCUT2D eigenvalue weighted by atomic mass is 32.2. The molecule has 1 aromatic heterocycles. The van der Waals surface area contributed by atoms with E-state index in [0.29, 0.717) is 5.16 Å². The third-order valence-electron chi connectivity index (χ3n) is 2.88. The molecule has 8 heteroatoms. The van der Waals surface area contributed by atoms with Gasteiger partial charge in [-0.2, -0.15) is 0 Å². The molecule has 0 unspecified atom stereocenters. The Labute approximate surface area is 115 Å². The van der Waals surface area contributed by atoms with Gasteiger partial charge in [-0.3, -0.25) is 9.69 Å². The van der Waals surface area contributed by atoms with E-state index in [1.165, 1.54) is 11.8 Å². The van der Waals surface area contributed by atoms with Crippen LogP contribution >= 0.6 is 11.8 Å². The number of nitrogens with zero attached hydrogens (tertiary/aromatic N) is 4. The van der Waals surface area contributed by atoms with Gasteiger partial charge in [-0.15, -0.1) is 10.2 Å². The largest absolute Gasteiger partial charge is 0.481 e. The van der Waals surface area contributed by atoms with Gasteiger partial charge >= 0.3 is 5.97 Å². The monoisotopic (exact) mass is 286 g/mol. The van der Waals surface area contributed by atoms with E-state index in [-0.39, 0.29) is 5.75 Å². The first-order valence-electron chi connectivity index (χ1n) is 6.28. The van der Waals surface area contributed by atoms with Gasteiger partial charge in [0, 0.05) is 26.2 Å². The Hall–Kier alpha value is -1.12. The molecule has 0 aromatic carbocycles. The molecular weight excluding hydrogens is 268 g/mol. The van der Waals surface area contributed by atoms with Crippen molar-refractivity contribution in [3.8, 4) is 0 Å². The second-order valence-electron chi connectivity index (χ2n) is 4.30. The van der Waals surface area contributed by atoms with Crippen LogP contribution in [0, 0.1) is 0 Å². The molecule has 0 bridgehead atoms. The predicted molar refractivity (Wildman–Crippen MR) is 70.3 cm³/mol. The van der Waals surface area contributed by atoms with Crippen LogP contribution in [-0.4, -0.2) is 69.3 Å². The van der Waals surface area contributed by atoms with Crippen LogP contribution in [0.2, 0.25) is 0 Å². The van der Waals surface area contributed by atoms with E-state index in [9.17, 15) is 4.79 Å². The van der Waals surface area contributed by atoms with E-state index in [4.69, 9.17) is 9.84 Å². The fourth-order valence-corrected chi connectivity index (χ4v) is 2.59. The molecule has 1 aliphatic heterocycles. The summed E-state index contributed by atoms with van der Waals surface area (Å²) in [5.41, 5.74) is 0. The van der Waals surface area contributed by atoms with Crippen LogP contribution in [0.3, 0.4) is 0 Å². The van der Waals surface area contributed by atoms with Crippen LogP contribution in [-0.2, 0) is 16.1 Å². The van der Waals surface area contributed by atoms with E-state index in [1.807, 2.05) is 4.57 Å². The highest BCUT2D eigenvalue weighted by Gasteiger charge is 2.11. The number of thioether (sulfide) groups is 1. The Balaban J connectivity index is 1.72. The molecule has 1 aromatic rings. The minimum atomic E-state index is -0.840. The average Bonchev–Trinajstić information content (AvgIpc) is 2.85. The van der Waals surface area contributed by atoms with Gasteiger partial charge in [-0.25, -0.2) is 0 Å². The van der Waals surface area contributed by atoms with E-state index >= 15 is 0 Å². The summed E-state index contributed by atoms with van der Waals surface area (Å²) in [4.78, 5) is 12.9. The van der Waals surface area contributed by atoms with Crippen LogP contribution < -0.4 is 0 Å². The molecule has 106 valence electrons. The smallest absolute Gasteiger partial charge is 0.313 e. The molecule has 19 heavy (non-hydrogen) atoms. The van der Waals surface area contributed by atoms with Crippen molar-refractivity contribution in [1.29, 1.82) is 0 Å². The number of aliphatic carboxylic acids is 1. The van der Waals surface area contributed by atoms with E-state index in [0.717, 1.165) is 45.8 Å². The highest BCUT2D eigenvalue weighted by Crippen LogP contribution is 2.14. The number of carboxylic acids is 1. The van der Waals surface area contributed by atoms with Gasteiger partial charge in [0.2, 0.25) is 0 Å². The van der Waals surface area contributed by atoms with Crippen molar-refractivity contribution in [2.45, 2.75) is 18.1 Å². The summed E-state index contributed by atoms with van der Waals surface area (Å²) < 4.78 is 7.21. The van der Waals surface area contributed by atoms with Crippen LogP contribution in [0.25, 0.3) is 0 Å². The number of hydrogen-bond acceptors (Lipinski definition) is 6. The number of ether oxygens (including phenoxy) is 1. The average molecular weight is 286 g/mol. The van der Waals surface area contributed by atoms with Crippen LogP contribution in [0.5, 0.6) is 0 Å². The van der Waals surface area contributed by atoms with Crippen LogP contribution in [0.4, 0.5) is 0 Å². The summed E-state index contributed by atoms with van der Waals surface area (Å²) in [5.74, 6) is -0.824. The second kappa shape index (κ2) is 7.46. The molecule has 0 radical (unpaired) electrons. The van der Waals surface area contributed by atoms with E-state index in [2.05, 4.69) is 15.1 Å². The Morgan fingerprint density at radius 2 is 2.21 bits per heavy atom. The molecule has 1 fully saturated rings. The fourth-order valence-electron chi connectivity index (χ4n) is 1.93. The van der Waals surface area contributed by atoms with Gasteiger partial charge in [0.25, 0.3) is 0 Å². The molecule has 0 spiro atoms. The van der Waals surface area contributed by atoms with Crippen molar-refractivity contribution >= 4 is 17.7 Å². The van der Waals surface area contributed by atoms with Crippen LogP contribution in [0.1, 0.15) is 6.42 Å². The van der Waals surface area contributed by atoms with Gasteiger partial charge in [-0.05, 0) is 6.42 Å². The number of rotatable bonds is 7. The Kier molecular flexibility index (Phi) is 5.62. The molecule has 0 saturated carbocycles. The summed E-state index contributed by atoms with van der Waals surface area (Å²) in [6, 6.07) is 0. The number of hydrogen-bond donors (Lipinski definition) is 1. The maximum absolute atomic E-state index is 10.5. The van der Waals surface area contributed by atoms with E-state index in [1.54, 1.807) is 6.33 Å². The van der Waals surface area contributed by atoms with Crippen molar-refractivity contribution in [3.05, 3.63) is 6.33 Å². The Morgan fingerprint density at radius 3 is 2.95 bits per heavy atom. The minimum absolute atomic E-state index is 0.0160. The van der Waals surface area contributed by atoms with Crippen molar-refractivity contribution < 1.29 is 14.6 Å². The maximum Gasteiger partial charge on any atom is 0.313 e. The zero-order valence-corrected chi connectivity index (χ0v) is 11.5. The summed E-state index contributed by atoms with van der Waals surface area (Å²) >= 11 is 1.20. The van der Waals surface area contributed by atoms with Gasteiger partial charge in [0.1, 0.15) is 6.33 Å². The number of aromatic nitrogens is 3. The van der Waals surface area contributed by atoms with Crippen LogP contribution in [0.15, 0.2) is 11.5 Å². The molecule has 1 saturated heterocycles. The van der Waals surface area contributed by atoms with Gasteiger partial charge in [0.05, 0.1) is 19.0 Å². The second-order valence-corrected chi connectivity index (χ2v) is 5.24. The van der Waals surface area contributed by atoms with E-state index < -0.39 is 5.97 Å². The lowest BCUT2D eigenvalue weighted by molar-refractivity contribution is -0.133. The van der Waals surface area contributed by atoms with Crippen molar-refractivity contribution in [2.75, 3.05) is 38.6 Å². The summed E-state index contributed by atoms with van der Waals surface area (Å²) in [6.07, 6.45) is 2.65. The topological polar surface area (TPSA) is 80.5 Å². The van der Waals surface area contributed by atoms with Gasteiger partial charge in [-0.1, -0.05) is 11.8 Å². The zero-order chi connectivity index (χ0) is 13.5. The summed E-state index contributed by atoms with van der Waals surface area (Å²) in [7, 11) is 0. The molecule has 2 heterocycles. The number of carboxylic acid groups (broad SMARTS) is 1. The first-order chi connectivity index (χ1) is 9.25. The molecular formula is C11H18N4O3S. The maximum atomic E-state index is 10.5. The molecule has 1 N–H and O–H groups in total. The first kappa shape index (κ1) is 14.3. The standard InChI is InChI=1S/C11H18N4O3S/c16-10(17)8-19-11-13-12-9-15(11)3-1-2-14-4-6-18-7-5-14/h9H,1-8H2,(H,16,17). The molecule has 0 atom stereocenters. The molecule has 0 aliphatic carbocycles. The van der Waals surface area contributed by atoms with Gasteiger partial charge < -0.3 is 14.4 Å². The zero-order valence-electron chi connectivity index (χ0n) is 10.7. The van der Waals surface area contributed by atoms with Crippen molar-refractivity contribution in [3.63, 3.8) is 0 Å². The first-order valence-corrected chi connectivity index (χ1v) is 7.27. The fraction of sp³-hybridized carbons (Fsp3) is 0.727. The lowest BCUT2D eigenvalue weighted by Crippen LogP contribution is -2.37. The molecule has 1 aliphatic rings. The Morgan fingerprint density at radius 1 is 1.42 bits per heavy atom. The lowest BCUT2D eigenvalue weighted by Gasteiger charge is -2.26. The van der Waals surface area contributed by atoms with Gasteiger partial charge in [0.15, 0.2) is 5.16 Å². The third kappa shape index (κ3) is 4.81. The Bertz CT molecular complexity index is 406. The lowest BCUT2D eigenvalue weighted by atomic mass is 10.3.